The van der Waals surface area contributed by atoms with Crippen LogP contribution in [-0.2, 0) is 21.1 Å². The molecule has 3 rings (SSSR count). The zero-order chi connectivity index (χ0) is 16.4. The number of hydrogen-bond donors (Lipinski definition) is 0. The predicted molar refractivity (Wildman–Crippen MR) is 92.4 cm³/mol. The molecule has 1 unspecified atom stereocenters. The van der Waals surface area contributed by atoms with Crippen molar-refractivity contribution in [3.05, 3.63) is 29.8 Å². The van der Waals surface area contributed by atoms with Crippen LogP contribution in [0.5, 0.6) is 0 Å². The fourth-order valence-electron chi connectivity index (χ4n) is 3.83. The summed E-state index contributed by atoms with van der Waals surface area (Å²) in [5, 5.41) is -0.221. The van der Waals surface area contributed by atoms with Crippen molar-refractivity contribution in [2.24, 2.45) is 0 Å². The van der Waals surface area contributed by atoms with Crippen LogP contribution in [0.25, 0.3) is 0 Å². The van der Waals surface area contributed by atoms with Gasteiger partial charge in [0.1, 0.15) is 0 Å². The lowest BCUT2D eigenvalue weighted by Crippen LogP contribution is -2.43. The van der Waals surface area contributed by atoms with E-state index in [-0.39, 0.29) is 29.4 Å². The largest absolute Gasteiger partial charge is 0.309 e. The highest BCUT2D eigenvalue weighted by Gasteiger charge is 2.32. The summed E-state index contributed by atoms with van der Waals surface area (Å²) in [4.78, 5) is 14.5. The number of rotatable bonds is 4. The van der Waals surface area contributed by atoms with E-state index in [4.69, 9.17) is 0 Å². The van der Waals surface area contributed by atoms with Crippen molar-refractivity contribution < 1.29 is 13.2 Å². The minimum absolute atomic E-state index is 0.0120. The number of carbonyl (C=O) groups excluding carboxylic acids is 1. The number of benzene rings is 1. The third-order valence-electron chi connectivity index (χ3n) is 5.20. The summed E-state index contributed by atoms with van der Waals surface area (Å²) in [7, 11) is -3.14. The Morgan fingerprint density at radius 1 is 1.17 bits per heavy atom. The van der Waals surface area contributed by atoms with Crippen molar-refractivity contribution in [1.29, 1.82) is 0 Å². The van der Waals surface area contributed by atoms with Crippen LogP contribution < -0.4 is 4.90 Å². The van der Waals surface area contributed by atoms with Crippen LogP contribution in [0.1, 0.15) is 51.0 Å². The number of amides is 1. The first-order chi connectivity index (χ1) is 11.0. The molecule has 1 aliphatic carbocycles. The normalized spacial score (nSPS) is 22.1. The van der Waals surface area contributed by atoms with E-state index >= 15 is 0 Å². The van der Waals surface area contributed by atoms with Crippen LogP contribution in [-0.4, -0.2) is 31.4 Å². The lowest BCUT2D eigenvalue weighted by atomic mass is 9.96. The zero-order valence-electron chi connectivity index (χ0n) is 13.7. The maximum atomic E-state index is 12.7. The Bertz CT molecular complexity index is 677. The Balaban J connectivity index is 1.71. The van der Waals surface area contributed by atoms with Gasteiger partial charge >= 0.3 is 0 Å². The van der Waals surface area contributed by atoms with Crippen LogP contribution >= 0.6 is 0 Å². The molecule has 0 spiro atoms. The highest BCUT2D eigenvalue weighted by atomic mass is 32.2. The van der Waals surface area contributed by atoms with Gasteiger partial charge in [0.25, 0.3) is 0 Å². The molecule has 23 heavy (non-hydrogen) atoms. The number of aryl methyl sites for hydroxylation is 1. The third kappa shape index (κ3) is 3.44. The van der Waals surface area contributed by atoms with Gasteiger partial charge < -0.3 is 4.90 Å². The summed E-state index contributed by atoms with van der Waals surface area (Å²) in [6.07, 6.45) is 5.51. The molecule has 0 N–H and O–H groups in total. The van der Waals surface area contributed by atoms with Gasteiger partial charge in [0.05, 0.1) is 11.0 Å². The van der Waals surface area contributed by atoms with Gasteiger partial charge in [-0.15, -0.1) is 0 Å². The smallest absolute Gasteiger partial charge is 0.228 e. The number of nitrogens with zero attached hydrogens (tertiary/aromatic N) is 1. The molecule has 0 saturated heterocycles. The Labute approximate surface area is 138 Å². The van der Waals surface area contributed by atoms with E-state index in [0.29, 0.717) is 0 Å². The number of para-hydroxylation sites is 1. The maximum Gasteiger partial charge on any atom is 0.228 e. The van der Waals surface area contributed by atoms with E-state index in [1.807, 2.05) is 30.0 Å². The van der Waals surface area contributed by atoms with Gasteiger partial charge in [0.15, 0.2) is 9.84 Å². The molecule has 0 aromatic heterocycles. The molecule has 1 aliphatic heterocycles. The van der Waals surface area contributed by atoms with Crippen molar-refractivity contribution in [2.45, 2.75) is 63.2 Å². The third-order valence-corrected chi connectivity index (χ3v) is 7.46. The predicted octanol–water partition coefficient (Wildman–Crippen LogP) is 3.10. The van der Waals surface area contributed by atoms with Crippen molar-refractivity contribution in [2.75, 3.05) is 10.7 Å². The van der Waals surface area contributed by atoms with Crippen molar-refractivity contribution >= 4 is 21.4 Å². The fourth-order valence-corrected chi connectivity index (χ4v) is 5.68. The Hall–Kier alpha value is -1.36. The van der Waals surface area contributed by atoms with Gasteiger partial charge in [0.2, 0.25) is 5.91 Å². The summed E-state index contributed by atoms with van der Waals surface area (Å²) in [5.74, 6) is -0.0757. The Morgan fingerprint density at radius 2 is 1.87 bits per heavy atom. The molecule has 1 heterocycles. The highest BCUT2D eigenvalue weighted by molar-refractivity contribution is 7.92. The zero-order valence-corrected chi connectivity index (χ0v) is 14.5. The Kier molecular flexibility index (Phi) is 4.76. The van der Waals surface area contributed by atoms with Crippen molar-refractivity contribution in [1.82, 2.24) is 0 Å². The van der Waals surface area contributed by atoms with Gasteiger partial charge in [-0.25, -0.2) is 8.42 Å². The molecule has 1 aromatic rings. The molecular formula is C18H25NO3S. The number of sulfone groups is 1. The monoisotopic (exact) mass is 335 g/mol. The van der Waals surface area contributed by atoms with Gasteiger partial charge in [-0.2, -0.15) is 0 Å². The molecule has 1 saturated carbocycles. The number of hydrogen-bond acceptors (Lipinski definition) is 3. The van der Waals surface area contributed by atoms with Gasteiger partial charge in [-0.05, 0) is 44.2 Å². The van der Waals surface area contributed by atoms with Crippen molar-refractivity contribution in [3.63, 3.8) is 0 Å². The summed E-state index contributed by atoms with van der Waals surface area (Å²) in [6, 6.07) is 8.08. The number of carbonyl (C=O) groups is 1. The minimum Gasteiger partial charge on any atom is -0.309 e. The maximum absolute atomic E-state index is 12.7. The van der Waals surface area contributed by atoms with E-state index in [2.05, 4.69) is 6.07 Å². The van der Waals surface area contributed by atoms with Gasteiger partial charge in [-0.3, -0.25) is 4.79 Å². The summed E-state index contributed by atoms with van der Waals surface area (Å²) in [6.45, 7) is 2.04. The van der Waals surface area contributed by atoms with Crippen LogP contribution in [0.4, 0.5) is 5.69 Å². The lowest BCUT2D eigenvalue weighted by molar-refractivity contribution is -0.118. The summed E-state index contributed by atoms with van der Waals surface area (Å²) < 4.78 is 24.8. The number of anilines is 1. The lowest BCUT2D eigenvalue weighted by Gasteiger charge is -2.35. The molecule has 4 nitrogen and oxygen atoms in total. The average Bonchev–Trinajstić information content (AvgIpc) is 3.08. The first kappa shape index (κ1) is 16.5. The van der Waals surface area contributed by atoms with E-state index < -0.39 is 9.84 Å². The standard InChI is InChI=1S/C18H25NO3S/c1-14-10-11-15-6-2-5-9-17(15)19(14)18(20)12-13-23(21,22)16-7-3-4-8-16/h2,5-6,9,14,16H,3-4,7-8,10-13H2,1H3. The van der Waals surface area contributed by atoms with Crippen molar-refractivity contribution in [3.8, 4) is 0 Å². The molecule has 0 radical (unpaired) electrons. The van der Waals surface area contributed by atoms with E-state index in [1.165, 1.54) is 5.56 Å². The van der Waals surface area contributed by atoms with E-state index in [0.717, 1.165) is 44.2 Å². The molecule has 1 aromatic carbocycles. The minimum atomic E-state index is -3.14. The van der Waals surface area contributed by atoms with Crippen LogP contribution in [0.2, 0.25) is 0 Å². The first-order valence-electron chi connectivity index (χ1n) is 8.60. The van der Waals surface area contributed by atoms with Gasteiger partial charge in [-0.1, -0.05) is 31.0 Å². The molecule has 1 atom stereocenters. The molecule has 1 fully saturated rings. The topological polar surface area (TPSA) is 54.5 Å². The molecule has 2 aliphatic rings. The molecule has 0 bridgehead atoms. The second-order valence-electron chi connectivity index (χ2n) is 6.80. The molecule has 1 amide bonds. The van der Waals surface area contributed by atoms with Crippen LogP contribution in [0.15, 0.2) is 24.3 Å². The molecular weight excluding hydrogens is 310 g/mol. The SMILES string of the molecule is CC1CCc2ccccc2N1C(=O)CCS(=O)(=O)C1CCCC1. The fraction of sp³-hybridized carbons (Fsp3) is 0.611. The average molecular weight is 335 g/mol. The van der Waals surface area contributed by atoms with E-state index in [1.54, 1.807) is 0 Å². The Morgan fingerprint density at radius 3 is 2.61 bits per heavy atom. The number of fused-ring (bicyclic) bond motifs is 1. The van der Waals surface area contributed by atoms with E-state index in [9.17, 15) is 13.2 Å². The molecule has 126 valence electrons. The summed E-state index contributed by atoms with van der Waals surface area (Å²) in [5.41, 5.74) is 2.13. The highest BCUT2D eigenvalue weighted by Crippen LogP contribution is 2.31. The second kappa shape index (κ2) is 6.63. The van der Waals surface area contributed by atoms with Crippen LogP contribution in [0, 0.1) is 0 Å². The second-order valence-corrected chi connectivity index (χ2v) is 9.20. The quantitative estimate of drug-likeness (QED) is 0.849. The van der Waals surface area contributed by atoms with Crippen LogP contribution in [0.3, 0.4) is 0 Å². The summed E-state index contributed by atoms with van der Waals surface area (Å²) >= 11 is 0. The molecule has 5 heteroatoms. The first-order valence-corrected chi connectivity index (χ1v) is 10.3. The van der Waals surface area contributed by atoms with Gasteiger partial charge in [0, 0.05) is 18.2 Å².